The highest BCUT2D eigenvalue weighted by atomic mass is 35.5. The Labute approximate surface area is 199 Å². The fourth-order valence-electron chi connectivity index (χ4n) is 3.72. The van der Waals surface area contributed by atoms with Gasteiger partial charge in [-0.15, -0.1) is 0 Å². The number of nitrogens with one attached hydrogen (secondary N) is 1. The topological polar surface area (TPSA) is 59.8 Å². The van der Waals surface area contributed by atoms with Gasteiger partial charge in [0.05, 0.1) is 18.2 Å². The van der Waals surface area contributed by atoms with Gasteiger partial charge >= 0.3 is 6.18 Å². The molecule has 4 rings (SSSR count). The highest BCUT2D eigenvalue weighted by molar-refractivity contribution is 6.30. The summed E-state index contributed by atoms with van der Waals surface area (Å²) in [4.78, 5) is 21.6. The molecule has 0 saturated heterocycles. The Bertz CT molecular complexity index is 1280. The van der Waals surface area contributed by atoms with Gasteiger partial charge in [0.1, 0.15) is 11.3 Å². The van der Waals surface area contributed by atoms with Gasteiger partial charge in [0, 0.05) is 24.1 Å². The van der Waals surface area contributed by atoms with Crippen molar-refractivity contribution in [2.45, 2.75) is 38.5 Å². The van der Waals surface area contributed by atoms with Crippen LogP contribution >= 0.6 is 11.6 Å². The number of benzene rings is 2. The van der Waals surface area contributed by atoms with Crippen molar-refractivity contribution in [3.05, 3.63) is 94.4 Å². The molecule has 1 atom stereocenters. The van der Waals surface area contributed by atoms with Crippen molar-refractivity contribution in [1.29, 1.82) is 0 Å². The molecule has 2 heterocycles. The summed E-state index contributed by atoms with van der Waals surface area (Å²) in [6, 6.07) is 15.7. The van der Waals surface area contributed by atoms with Gasteiger partial charge in [-0.3, -0.25) is 4.79 Å². The monoisotopic (exact) mass is 486 g/mol. The Morgan fingerprint density at radius 3 is 2.47 bits per heavy atom. The number of pyridine rings is 1. The number of fused-ring (bicyclic) bond motifs is 1. The van der Waals surface area contributed by atoms with Crippen molar-refractivity contribution in [3.8, 4) is 0 Å². The zero-order valence-electron chi connectivity index (χ0n) is 18.3. The van der Waals surface area contributed by atoms with Gasteiger partial charge in [-0.05, 0) is 54.4 Å². The SMILES string of the molecule is C[C@H](NC(=O)CCc1nc2cccnc2n1Cc1ccc(C(F)(F)F)cc1)c1ccc(Cl)cc1. The number of carbonyl (C=O) groups is 1. The van der Waals surface area contributed by atoms with E-state index in [1.165, 1.54) is 12.1 Å². The molecule has 2 aromatic heterocycles. The Morgan fingerprint density at radius 2 is 1.79 bits per heavy atom. The van der Waals surface area contributed by atoms with Crippen molar-refractivity contribution in [2.24, 2.45) is 0 Å². The first-order valence-electron chi connectivity index (χ1n) is 10.7. The Balaban J connectivity index is 1.48. The molecule has 0 fully saturated rings. The number of aromatic nitrogens is 3. The van der Waals surface area contributed by atoms with E-state index in [0.717, 1.165) is 17.7 Å². The van der Waals surface area contributed by atoms with Crippen LogP contribution < -0.4 is 5.32 Å². The second-order valence-corrected chi connectivity index (χ2v) is 8.43. The Kier molecular flexibility index (Phi) is 6.88. The van der Waals surface area contributed by atoms with E-state index < -0.39 is 11.7 Å². The molecule has 1 amide bonds. The van der Waals surface area contributed by atoms with E-state index in [2.05, 4.69) is 15.3 Å². The number of hydrogen-bond donors (Lipinski definition) is 1. The van der Waals surface area contributed by atoms with E-state index >= 15 is 0 Å². The zero-order chi connectivity index (χ0) is 24.3. The maximum atomic E-state index is 12.9. The minimum absolute atomic E-state index is 0.136. The molecule has 1 N–H and O–H groups in total. The molecular formula is C25H22ClF3N4O. The van der Waals surface area contributed by atoms with Crippen LogP contribution in [0.4, 0.5) is 13.2 Å². The predicted octanol–water partition coefficient (Wildman–Crippen LogP) is 5.96. The standard InChI is InChI=1S/C25H22ClF3N4O/c1-16(18-6-10-20(26)11-7-18)31-23(34)13-12-22-32-21-3-2-14-30-24(21)33(22)15-17-4-8-19(9-5-17)25(27,28)29/h2-11,14,16H,12-13,15H2,1H3,(H,31,34)/t16-/m0/s1. The highest BCUT2D eigenvalue weighted by Crippen LogP contribution is 2.29. The number of imidazole rings is 1. The van der Waals surface area contributed by atoms with E-state index in [1.54, 1.807) is 24.4 Å². The summed E-state index contributed by atoms with van der Waals surface area (Å²) in [6.45, 7) is 2.19. The van der Waals surface area contributed by atoms with Crippen LogP contribution in [0.3, 0.4) is 0 Å². The lowest BCUT2D eigenvalue weighted by atomic mass is 10.1. The first-order chi connectivity index (χ1) is 16.2. The van der Waals surface area contributed by atoms with Crippen LogP contribution in [-0.4, -0.2) is 20.4 Å². The molecule has 0 aliphatic carbocycles. The maximum absolute atomic E-state index is 12.9. The van der Waals surface area contributed by atoms with E-state index in [-0.39, 0.29) is 18.4 Å². The largest absolute Gasteiger partial charge is 0.416 e. The fraction of sp³-hybridized carbons (Fsp3) is 0.240. The van der Waals surface area contributed by atoms with Crippen molar-refractivity contribution in [2.75, 3.05) is 0 Å². The lowest BCUT2D eigenvalue weighted by molar-refractivity contribution is -0.137. The van der Waals surface area contributed by atoms with E-state index in [9.17, 15) is 18.0 Å². The lowest BCUT2D eigenvalue weighted by Crippen LogP contribution is -2.27. The average Bonchev–Trinajstić information content (AvgIpc) is 3.15. The second-order valence-electron chi connectivity index (χ2n) is 8.00. The predicted molar refractivity (Wildman–Crippen MR) is 124 cm³/mol. The fourth-order valence-corrected chi connectivity index (χ4v) is 3.84. The average molecular weight is 487 g/mol. The molecule has 2 aromatic carbocycles. The number of amides is 1. The van der Waals surface area contributed by atoms with Crippen LogP contribution in [-0.2, 0) is 23.9 Å². The molecule has 4 aromatic rings. The van der Waals surface area contributed by atoms with Gasteiger partial charge in [-0.1, -0.05) is 35.9 Å². The van der Waals surface area contributed by atoms with Crippen molar-refractivity contribution in [3.63, 3.8) is 0 Å². The molecule has 0 radical (unpaired) electrons. The van der Waals surface area contributed by atoms with Gasteiger partial charge in [-0.2, -0.15) is 13.2 Å². The summed E-state index contributed by atoms with van der Waals surface area (Å²) in [6.07, 6.45) is -2.19. The van der Waals surface area contributed by atoms with Crippen LogP contribution in [0.2, 0.25) is 5.02 Å². The Hall–Kier alpha value is -3.39. The van der Waals surface area contributed by atoms with Gasteiger partial charge in [0.2, 0.25) is 5.91 Å². The minimum atomic E-state index is -4.39. The molecule has 176 valence electrons. The number of carbonyl (C=O) groups excluding carboxylic acids is 1. The molecule has 34 heavy (non-hydrogen) atoms. The van der Waals surface area contributed by atoms with Gasteiger partial charge < -0.3 is 9.88 Å². The smallest absolute Gasteiger partial charge is 0.350 e. The molecule has 9 heteroatoms. The summed E-state index contributed by atoms with van der Waals surface area (Å²) in [5, 5.41) is 3.60. The molecule has 0 spiro atoms. The molecule has 0 aliphatic rings. The molecule has 0 aliphatic heterocycles. The van der Waals surface area contributed by atoms with Crippen LogP contribution in [0.5, 0.6) is 0 Å². The normalized spacial score (nSPS) is 12.6. The van der Waals surface area contributed by atoms with Crippen LogP contribution in [0.1, 0.15) is 41.9 Å². The number of nitrogens with zero attached hydrogens (tertiary/aromatic N) is 3. The zero-order valence-corrected chi connectivity index (χ0v) is 19.1. The third kappa shape index (κ3) is 5.56. The van der Waals surface area contributed by atoms with Crippen molar-refractivity contribution >= 4 is 28.7 Å². The van der Waals surface area contributed by atoms with Gasteiger partial charge in [0.15, 0.2) is 5.65 Å². The molecular weight excluding hydrogens is 465 g/mol. The highest BCUT2D eigenvalue weighted by Gasteiger charge is 2.30. The summed E-state index contributed by atoms with van der Waals surface area (Å²) in [5.41, 5.74) is 2.21. The van der Waals surface area contributed by atoms with E-state index in [1.807, 2.05) is 29.7 Å². The second kappa shape index (κ2) is 9.85. The molecule has 0 saturated carbocycles. The summed E-state index contributed by atoms with van der Waals surface area (Å²) < 4.78 is 40.5. The van der Waals surface area contributed by atoms with E-state index in [0.29, 0.717) is 40.5 Å². The quantitative estimate of drug-likeness (QED) is 0.350. The van der Waals surface area contributed by atoms with Crippen molar-refractivity contribution in [1.82, 2.24) is 19.9 Å². The Morgan fingerprint density at radius 1 is 1.09 bits per heavy atom. The third-order valence-corrected chi connectivity index (χ3v) is 5.78. The first kappa shape index (κ1) is 23.8. The number of alkyl halides is 3. The number of aryl methyl sites for hydroxylation is 1. The van der Waals surface area contributed by atoms with E-state index in [4.69, 9.17) is 11.6 Å². The number of hydrogen-bond acceptors (Lipinski definition) is 3. The minimum Gasteiger partial charge on any atom is -0.350 e. The van der Waals surface area contributed by atoms with Gasteiger partial charge in [-0.25, -0.2) is 9.97 Å². The summed E-state index contributed by atoms with van der Waals surface area (Å²) in [5.74, 6) is 0.506. The van der Waals surface area contributed by atoms with Crippen LogP contribution in [0.15, 0.2) is 66.9 Å². The number of rotatable bonds is 7. The molecule has 5 nitrogen and oxygen atoms in total. The number of halogens is 4. The van der Waals surface area contributed by atoms with Crippen LogP contribution in [0, 0.1) is 0 Å². The van der Waals surface area contributed by atoms with Crippen LogP contribution in [0.25, 0.3) is 11.2 Å². The lowest BCUT2D eigenvalue weighted by Gasteiger charge is -2.15. The maximum Gasteiger partial charge on any atom is 0.416 e. The molecule has 0 unspecified atom stereocenters. The summed E-state index contributed by atoms with van der Waals surface area (Å²) >= 11 is 5.92. The van der Waals surface area contributed by atoms with Gasteiger partial charge in [0.25, 0.3) is 0 Å². The first-order valence-corrected chi connectivity index (χ1v) is 11.1. The van der Waals surface area contributed by atoms with Crippen molar-refractivity contribution < 1.29 is 18.0 Å². The molecule has 0 bridgehead atoms. The summed E-state index contributed by atoms with van der Waals surface area (Å²) in [7, 11) is 0. The third-order valence-electron chi connectivity index (χ3n) is 5.53.